The van der Waals surface area contributed by atoms with Crippen molar-refractivity contribution in [3.05, 3.63) is 107 Å². The van der Waals surface area contributed by atoms with Crippen molar-refractivity contribution in [1.29, 1.82) is 0 Å². The molecule has 2 atom stereocenters. The van der Waals surface area contributed by atoms with Crippen LogP contribution in [0.4, 0.5) is 18.9 Å². The predicted octanol–water partition coefficient (Wildman–Crippen LogP) is 6.22. The zero-order valence-corrected chi connectivity index (χ0v) is 36.7. The van der Waals surface area contributed by atoms with Crippen LogP contribution in [0.5, 0.6) is 5.75 Å². The van der Waals surface area contributed by atoms with Crippen LogP contribution < -0.4 is 15.4 Å². The van der Waals surface area contributed by atoms with E-state index in [0.29, 0.717) is 108 Å². The van der Waals surface area contributed by atoms with E-state index in [1.165, 1.54) is 31.4 Å². The average molecular weight is 889 g/mol. The van der Waals surface area contributed by atoms with Gasteiger partial charge in [0, 0.05) is 68.3 Å². The van der Waals surface area contributed by atoms with Gasteiger partial charge in [-0.05, 0) is 92.4 Å². The number of benzene rings is 2. The van der Waals surface area contributed by atoms with E-state index in [1.807, 2.05) is 23.3 Å². The van der Waals surface area contributed by atoms with Crippen LogP contribution in [0.3, 0.4) is 0 Å². The Bertz CT molecular complexity index is 2200. The van der Waals surface area contributed by atoms with Gasteiger partial charge in [0.25, 0.3) is 5.91 Å². The summed E-state index contributed by atoms with van der Waals surface area (Å²) < 4.78 is 71.7. The highest BCUT2D eigenvalue weighted by molar-refractivity contribution is 6.04. The number of nitrogens with one attached hydrogen (secondary N) is 2. The number of allylic oxidation sites excluding steroid dienone is 2. The van der Waals surface area contributed by atoms with Gasteiger partial charge in [-0.1, -0.05) is 30.2 Å². The van der Waals surface area contributed by atoms with Gasteiger partial charge in [-0.2, -0.15) is 13.2 Å². The Labute approximate surface area is 373 Å². The van der Waals surface area contributed by atoms with Crippen LogP contribution in [-0.2, 0) is 36.5 Å². The number of anilines is 1. The number of aromatic nitrogens is 2. The number of rotatable bonds is 21. The first-order valence-corrected chi connectivity index (χ1v) is 21.9. The molecule has 2 aliphatic carbocycles. The summed E-state index contributed by atoms with van der Waals surface area (Å²) in [4.78, 5) is 32.0. The van der Waals surface area contributed by atoms with Crippen molar-refractivity contribution in [2.75, 3.05) is 105 Å². The van der Waals surface area contributed by atoms with E-state index in [0.717, 1.165) is 36.6 Å². The van der Waals surface area contributed by atoms with Crippen LogP contribution in [0.25, 0.3) is 5.65 Å². The topological polar surface area (TPSA) is 128 Å². The molecular formula is C48H59F3N6O7. The van der Waals surface area contributed by atoms with Crippen LogP contribution in [0, 0.1) is 30.6 Å². The third-order valence-electron chi connectivity index (χ3n) is 11.2. The number of imidazole rings is 1. The van der Waals surface area contributed by atoms with Crippen LogP contribution in [0.15, 0.2) is 73.1 Å². The second-order valence-corrected chi connectivity index (χ2v) is 16.0. The molecule has 64 heavy (non-hydrogen) atoms. The van der Waals surface area contributed by atoms with Gasteiger partial charge in [-0.15, -0.1) is 0 Å². The number of likely N-dealkylation sites (N-methyl/N-ethyl adjacent to an activating group) is 1. The fourth-order valence-electron chi connectivity index (χ4n) is 7.57. The van der Waals surface area contributed by atoms with Gasteiger partial charge in [0.15, 0.2) is 0 Å². The lowest BCUT2D eigenvalue weighted by Gasteiger charge is -2.33. The zero-order valence-electron chi connectivity index (χ0n) is 36.7. The maximum atomic E-state index is 14.1. The minimum absolute atomic E-state index is 0.0638. The standard InChI is InChI=1S/C41H49F3N6O7.C7H10/c1-31-3-4-33(40(52)47-35-7-5-34(38(26-35)41(42,43)44)29-49-14-12-48(2)13-15-49)25-32(31)6-8-36-28-46-39-27-37(9-11-50(36)39)57-24-23-56-22-21-55-20-19-54-18-17-53-16-10-45-30-51;1-2-7-4-3-6(1)5-7/h3-5,7,9,11,25-28,30H,10,12-24,29H2,1-2H3,(H,45,51)(H,47,52);1-2,6-7H,3-5H2. The first kappa shape index (κ1) is 48.2. The number of halogens is 3. The molecular weight excluding hydrogens is 830 g/mol. The molecule has 3 aliphatic rings. The lowest BCUT2D eigenvalue weighted by atomic mass is 10.0. The van der Waals surface area contributed by atoms with E-state index in [4.69, 9.17) is 23.7 Å². The Morgan fingerprint density at radius 2 is 1.52 bits per heavy atom. The summed E-state index contributed by atoms with van der Waals surface area (Å²) in [6.07, 6.45) is 8.69. The summed E-state index contributed by atoms with van der Waals surface area (Å²) in [6.45, 7) is 9.29. The van der Waals surface area contributed by atoms with Crippen molar-refractivity contribution in [1.82, 2.24) is 24.5 Å². The molecule has 1 saturated carbocycles. The van der Waals surface area contributed by atoms with Gasteiger partial charge in [0.2, 0.25) is 6.41 Å². The molecule has 7 rings (SSSR count). The third kappa shape index (κ3) is 15.2. The number of nitrogens with zero attached hydrogens (tertiary/aromatic N) is 4. The number of aryl methyl sites for hydroxylation is 1. The zero-order chi connectivity index (χ0) is 45.2. The monoisotopic (exact) mass is 888 g/mol. The maximum absolute atomic E-state index is 14.1. The second kappa shape index (κ2) is 24.7. The molecule has 2 bridgehead atoms. The molecule has 4 aromatic rings. The summed E-state index contributed by atoms with van der Waals surface area (Å²) in [5.74, 6) is 8.30. The van der Waals surface area contributed by atoms with Crippen LogP contribution in [0.1, 0.15) is 57.6 Å². The van der Waals surface area contributed by atoms with Crippen molar-refractivity contribution in [3.63, 3.8) is 0 Å². The maximum Gasteiger partial charge on any atom is 0.416 e. The summed E-state index contributed by atoms with van der Waals surface area (Å²) in [5, 5.41) is 5.15. The van der Waals surface area contributed by atoms with E-state index >= 15 is 0 Å². The summed E-state index contributed by atoms with van der Waals surface area (Å²) in [6, 6.07) is 12.6. The summed E-state index contributed by atoms with van der Waals surface area (Å²) in [7, 11) is 1.99. The van der Waals surface area contributed by atoms with Gasteiger partial charge < -0.3 is 39.2 Å². The molecule has 2 aromatic heterocycles. The fraction of sp³-hybridized carbons (Fsp3) is 0.479. The van der Waals surface area contributed by atoms with Crippen molar-refractivity contribution in [2.24, 2.45) is 11.8 Å². The quantitative estimate of drug-likeness (QED) is 0.0431. The molecule has 1 saturated heterocycles. The molecule has 13 nitrogen and oxygen atoms in total. The van der Waals surface area contributed by atoms with Crippen LogP contribution in [-0.4, -0.2) is 131 Å². The SMILES string of the molecule is C1=CC2CCC1C2.Cc1ccc(C(=O)Nc2ccc(CN3CCN(C)CC3)c(C(F)(F)F)c2)cc1C#Cc1cnc2cc(OCCOCCOCCOCCOCCNC=O)ccn12. The molecule has 2 unspecified atom stereocenters. The lowest BCUT2D eigenvalue weighted by molar-refractivity contribution is -0.138. The number of piperazine rings is 1. The van der Waals surface area contributed by atoms with Gasteiger partial charge in [-0.25, -0.2) is 4.98 Å². The highest BCUT2D eigenvalue weighted by Crippen LogP contribution is 2.38. The molecule has 344 valence electrons. The number of hydrogen-bond donors (Lipinski definition) is 2. The van der Waals surface area contributed by atoms with Crippen molar-refractivity contribution in [3.8, 4) is 17.6 Å². The van der Waals surface area contributed by atoms with Gasteiger partial charge in [-0.3, -0.25) is 18.9 Å². The molecule has 2 fully saturated rings. The highest BCUT2D eigenvalue weighted by atomic mass is 19.4. The molecule has 16 heteroatoms. The fourth-order valence-corrected chi connectivity index (χ4v) is 7.57. The number of ether oxygens (including phenoxy) is 5. The number of hydrogen-bond acceptors (Lipinski definition) is 10. The lowest BCUT2D eigenvalue weighted by Crippen LogP contribution is -2.44. The van der Waals surface area contributed by atoms with E-state index < -0.39 is 17.6 Å². The number of alkyl halides is 3. The average Bonchev–Trinajstić information content (AvgIpc) is 4.05. The number of pyridine rings is 1. The van der Waals surface area contributed by atoms with Gasteiger partial charge in [0.05, 0.1) is 64.6 Å². The number of fused-ring (bicyclic) bond motifs is 3. The van der Waals surface area contributed by atoms with Crippen molar-refractivity contribution < 1.29 is 46.4 Å². The summed E-state index contributed by atoms with van der Waals surface area (Å²) >= 11 is 0. The van der Waals surface area contributed by atoms with E-state index in [-0.39, 0.29) is 23.4 Å². The largest absolute Gasteiger partial charge is 0.491 e. The molecule has 0 spiro atoms. The Kier molecular flexibility index (Phi) is 18.6. The van der Waals surface area contributed by atoms with Crippen molar-refractivity contribution >= 4 is 23.7 Å². The molecule has 2 N–H and O–H groups in total. The molecule has 0 radical (unpaired) electrons. The highest BCUT2D eigenvalue weighted by Gasteiger charge is 2.34. The van der Waals surface area contributed by atoms with Crippen LogP contribution in [0.2, 0.25) is 0 Å². The second-order valence-electron chi connectivity index (χ2n) is 16.0. The Balaban J connectivity index is 0.000000873. The Morgan fingerprint density at radius 3 is 2.14 bits per heavy atom. The van der Waals surface area contributed by atoms with Gasteiger partial charge >= 0.3 is 6.18 Å². The number of carbonyl (C=O) groups is 2. The minimum Gasteiger partial charge on any atom is -0.491 e. The van der Waals surface area contributed by atoms with E-state index in [1.54, 1.807) is 42.7 Å². The first-order chi connectivity index (χ1) is 31.1. The third-order valence-corrected chi connectivity index (χ3v) is 11.2. The summed E-state index contributed by atoms with van der Waals surface area (Å²) in [5.41, 5.74) is 2.43. The smallest absolute Gasteiger partial charge is 0.416 e. The van der Waals surface area contributed by atoms with E-state index in [2.05, 4.69) is 44.5 Å². The molecule has 2 aromatic carbocycles. The van der Waals surface area contributed by atoms with Crippen molar-refractivity contribution in [2.45, 2.75) is 38.9 Å². The molecule has 3 heterocycles. The Hall–Kier alpha value is -5.28. The normalized spacial score (nSPS) is 17.1. The molecule has 2 amide bonds. The van der Waals surface area contributed by atoms with Gasteiger partial charge in [0.1, 0.15) is 23.7 Å². The number of amides is 2. The van der Waals surface area contributed by atoms with E-state index in [9.17, 15) is 22.8 Å². The first-order valence-electron chi connectivity index (χ1n) is 21.9. The molecule has 1 aliphatic heterocycles. The Morgan fingerprint density at radius 1 is 0.844 bits per heavy atom. The predicted molar refractivity (Wildman–Crippen MR) is 237 cm³/mol. The van der Waals surface area contributed by atoms with Crippen LogP contribution >= 0.6 is 0 Å². The number of carbonyl (C=O) groups excluding carboxylic acids is 2. The minimum atomic E-state index is -4.57.